The van der Waals surface area contributed by atoms with Crippen molar-refractivity contribution in [2.45, 2.75) is 142 Å². The number of benzene rings is 2. The number of imide groups is 1. The van der Waals surface area contributed by atoms with Gasteiger partial charge in [-0.25, -0.2) is 9.69 Å². The minimum absolute atomic E-state index is 0.0363. The summed E-state index contributed by atoms with van der Waals surface area (Å²) in [6, 6.07) is 19.1. The summed E-state index contributed by atoms with van der Waals surface area (Å²) >= 11 is 0. The number of aliphatic hydroxyl groups is 1. The molecule has 11 heteroatoms. The van der Waals surface area contributed by atoms with Crippen LogP contribution >= 0.6 is 0 Å². The van der Waals surface area contributed by atoms with Crippen LogP contribution in [0.5, 0.6) is 0 Å². The molecule has 290 valence electrons. The third kappa shape index (κ3) is 11.9. The monoisotopic (exact) mass is 755 g/mol. The van der Waals surface area contributed by atoms with E-state index in [1.165, 1.54) is 6.92 Å². The summed E-state index contributed by atoms with van der Waals surface area (Å²) in [5, 5.41) is 11.6. The summed E-state index contributed by atoms with van der Waals surface area (Å²) in [5.41, 5.74) is 2.03. The van der Waals surface area contributed by atoms with Gasteiger partial charge in [-0.05, 0) is 73.6 Å². The van der Waals surface area contributed by atoms with Crippen molar-refractivity contribution in [2.75, 3.05) is 13.2 Å². The molecule has 0 aromatic heterocycles. The maximum atomic E-state index is 13.8. The second-order valence-corrected chi connectivity index (χ2v) is 27.1. The topological polar surface area (TPSA) is 112 Å². The number of hydrogen-bond acceptors (Lipinski definition) is 8. The number of cyclic esters (lactones) is 1. The van der Waals surface area contributed by atoms with Crippen LogP contribution < -0.4 is 0 Å². The van der Waals surface area contributed by atoms with Crippen LogP contribution in [0.15, 0.2) is 60.7 Å². The van der Waals surface area contributed by atoms with E-state index in [-0.39, 0.29) is 29.2 Å². The van der Waals surface area contributed by atoms with Crippen molar-refractivity contribution in [3.8, 4) is 0 Å². The quantitative estimate of drug-likeness (QED) is 0.119. The van der Waals surface area contributed by atoms with Crippen molar-refractivity contribution in [3.63, 3.8) is 0 Å². The van der Waals surface area contributed by atoms with Gasteiger partial charge in [-0.3, -0.25) is 9.59 Å². The van der Waals surface area contributed by atoms with E-state index in [4.69, 9.17) is 18.3 Å². The fraction of sp³-hybridized carbons (Fsp3) is 0.634. The van der Waals surface area contributed by atoms with Crippen LogP contribution in [0.4, 0.5) is 4.79 Å². The number of aliphatic hydroxyl groups excluding tert-OH is 1. The molecule has 3 rings (SSSR count). The minimum Gasteiger partial charge on any atom is -0.447 e. The Morgan fingerprint density at radius 3 is 1.85 bits per heavy atom. The highest BCUT2D eigenvalue weighted by atomic mass is 28.4. The zero-order valence-electron chi connectivity index (χ0n) is 33.7. The summed E-state index contributed by atoms with van der Waals surface area (Å²) in [5.74, 6) is -3.07. The molecule has 0 spiro atoms. The Labute approximate surface area is 315 Å². The first-order chi connectivity index (χ1) is 24.0. The minimum atomic E-state index is -2.34. The predicted octanol–water partition coefficient (Wildman–Crippen LogP) is 8.56. The molecule has 1 saturated heterocycles. The molecule has 1 aliphatic heterocycles. The van der Waals surface area contributed by atoms with Gasteiger partial charge in [0, 0.05) is 5.92 Å². The first-order valence-corrected chi connectivity index (χ1v) is 24.6. The lowest BCUT2D eigenvalue weighted by Crippen LogP contribution is -2.49. The zero-order chi connectivity index (χ0) is 39.1. The zero-order valence-corrected chi connectivity index (χ0v) is 35.7. The smallest absolute Gasteiger partial charge is 0.417 e. The van der Waals surface area contributed by atoms with Gasteiger partial charge in [-0.15, -0.1) is 0 Å². The molecule has 0 aliphatic carbocycles. The van der Waals surface area contributed by atoms with Gasteiger partial charge in [-0.1, -0.05) is 109 Å². The second kappa shape index (κ2) is 18.1. The lowest BCUT2D eigenvalue weighted by Gasteiger charge is -2.43. The summed E-state index contributed by atoms with van der Waals surface area (Å²) in [6.07, 6.45) is -1.50. The maximum Gasteiger partial charge on any atom is 0.417 e. The Hall–Kier alpha value is -2.68. The van der Waals surface area contributed by atoms with Crippen molar-refractivity contribution >= 4 is 34.4 Å². The molecule has 9 nitrogen and oxygen atoms in total. The van der Waals surface area contributed by atoms with Crippen LogP contribution in [0.25, 0.3) is 0 Å². The van der Waals surface area contributed by atoms with Crippen LogP contribution in [0.2, 0.25) is 36.3 Å². The molecule has 52 heavy (non-hydrogen) atoms. The number of rotatable bonds is 18. The lowest BCUT2D eigenvalue weighted by molar-refractivity contribution is -0.142. The van der Waals surface area contributed by atoms with Gasteiger partial charge < -0.3 is 23.4 Å². The Morgan fingerprint density at radius 2 is 1.33 bits per heavy atom. The molecule has 2 aromatic rings. The highest BCUT2D eigenvalue weighted by Crippen LogP contribution is 2.41. The van der Waals surface area contributed by atoms with E-state index in [0.717, 1.165) is 16.0 Å². The molecule has 1 N–H and O–H groups in total. The van der Waals surface area contributed by atoms with Crippen molar-refractivity contribution in [3.05, 3.63) is 71.8 Å². The van der Waals surface area contributed by atoms with E-state index in [9.17, 15) is 19.5 Å². The number of ketones is 1. The van der Waals surface area contributed by atoms with E-state index < -0.39 is 64.5 Å². The number of carbonyl (C=O) groups is 3. The van der Waals surface area contributed by atoms with Gasteiger partial charge in [-0.2, -0.15) is 0 Å². The van der Waals surface area contributed by atoms with Gasteiger partial charge in [0.2, 0.25) is 5.91 Å². The molecule has 0 saturated carbocycles. The van der Waals surface area contributed by atoms with Crippen LogP contribution in [-0.4, -0.2) is 82.0 Å². The number of amides is 2. The SMILES string of the molecule is C[C@H](C(=O)[C@@H](C)[C@H](O)C[C@H](C[C@@H](COCc1ccccc1)O[Si](C)(C)C(C)(C)C)O[Si](C)(C)C(C)(C)C)C(=O)N1C(=O)OC[C@H]1Cc1ccccc1. The lowest BCUT2D eigenvalue weighted by atomic mass is 9.87. The predicted molar refractivity (Wildman–Crippen MR) is 211 cm³/mol. The molecule has 2 amide bonds. The Balaban J connectivity index is 1.81. The van der Waals surface area contributed by atoms with Gasteiger partial charge in [0.1, 0.15) is 12.4 Å². The van der Waals surface area contributed by atoms with Gasteiger partial charge >= 0.3 is 6.09 Å². The molecule has 0 unspecified atom stereocenters. The van der Waals surface area contributed by atoms with Crippen molar-refractivity contribution in [2.24, 2.45) is 11.8 Å². The Morgan fingerprint density at radius 1 is 0.827 bits per heavy atom. The van der Waals surface area contributed by atoms with Crippen molar-refractivity contribution in [1.82, 2.24) is 4.90 Å². The number of Topliss-reactive ketones (excluding diaryl/α,β-unsaturated/α-hetero) is 1. The number of nitrogens with zero attached hydrogens (tertiary/aromatic N) is 1. The molecule has 0 bridgehead atoms. The second-order valence-electron chi connectivity index (χ2n) is 17.6. The molecule has 1 heterocycles. The summed E-state index contributed by atoms with van der Waals surface area (Å²) in [4.78, 5) is 41.3. The summed E-state index contributed by atoms with van der Waals surface area (Å²) < 4.78 is 25.4. The number of carbonyl (C=O) groups excluding carboxylic acids is 3. The number of hydrogen-bond donors (Lipinski definition) is 1. The molecular weight excluding hydrogens is 691 g/mol. The van der Waals surface area contributed by atoms with Gasteiger partial charge in [0.05, 0.1) is 43.5 Å². The first kappa shape index (κ1) is 43.7. The molecule has 0 radical (unpaired) electrons. The fourth-order valence-electron chi connectivity index (χ4n) is 5.86. The van der Waals surface area contributed by atoms with E-state index >= 15 is 0 Å². The van der Waals surface area contributed by atoms with E-state index in [1.54, 1.807) is 6.92 Å². The van der Waals surface area contributed by atoms with Crippen LogP contribution in [-0.2, 0) is 40.9 Å². The summed E-state index contributed by atoms with van der Waals surface area (Å²) in [7, 11) is -4.58. The van der Waals surface area contributed by atoms with E-state index in [0.29, 0.717) is 26.1 Å². The van der Waals surface area contributed by atoms with Crippen molar-refractivity contribution in [1.29, 1.82) is 0 Å². The fourth-order valence-corrected chi connectivity index (χ4v) is 8.59. The van der Waals surface area contributed by atoms with Crippen LogP contribution in [0.3, 0.4) is 0 Å². The Kier molecular flexibility index (Phi) is 15.2. The maximum absolute atomic E-state index is 13.8. The highest BCUT2D eigenvalue weighted by molar-refractivity contribution is 6.74. The number of ether oxygens (including phenoxy) is 2. The summed E-state index contributed by atoms with van der Waals surface area (Å²) in [6.45, 7) is 26.0. The molecule has 1 aliphatic rings. The van der Waals surface area contributed by atoms with Gasteiger partial charge in [0.25, 0.3) is 0 Å². The average Bonchev–Trinajstić information content (AvgIpc) is 3.41. The standard InChI is InChI=1S/C41H65NO8Si2/c1-29(37(44)30(2)38(45)42-33(27-48-39(42)46)23-31-19-15-13-16-20-31)36(43)25-34(49-51(9,10)40(3,4)5)24-35(50-52(11,12)41(6,7)8)28-47-26-32-21-17-14-18-22-32/h13-22,29-30,33-36,43H,23-28H2,1-12H3/t29-,30+,33+,34-,35-,36+/m0/s1. The highest BCUT2D eigenvalue weighted by Gasteiger charge is 2.45. The molecule has 6 atom stereocenters. The first-order valence-electron chi connectivity index (χ1n) is 18.8. The van der Waals surface area contributed by atoms with Crippen LogP contribution in [0.1, 0.15) is 79.4 Å². The van der Waals surface area contributed by atoms with E-state index in [2.05, 4.69) is 67.7 Å². The third-order valence-corrected chi connectivity index (χ3v) is 20.4. The normalized spacial score (nSPS) is 18.8. The third-order valence-electron chi connectivity index (χ3n) is 11.3. The van der Waals surface area contributed by atoms with E-state index in [1.807, 2.05) is 60.7 Å². The van der Waals surface area contributed by atoms with Crippen LogP contribution in [0, 0.1) is 11.8 Å². The van der Waals surface area contributed by atoms with Gasteiger partial charge in [0.15, 0.2) is 16.6 Å². The Bertz CT molecular complexity index is 1450. The average molecular weight is 756 g/mol. The van der Waals surface area contributed by atoms with Crippen molar-refractivity contribution < 1.29 is 37.8 Å². The molecular formula is C41H65NO8Si2. The largest absolute Gasteiger partial charge is 0.447 e. The molecule has 2 aromatic carbocycles. The molecule has 1 fully saturated rings.